The molecule has 2 aromatic carbocycles. The lowest BCUT2D eigenvalue weighted by Crippen LogP contribution is -2.29. The molecular formula is C18H19Cl2N3O2. The molecule has 0 saturated heterocycles. The first-order valence-electron chi connectivity index (χ1n) is 7.63. The van der Waals surface area contributed by atoms with Crippen LogP contribution in [0.5, 0.6) is 0 Å². The molecule has 0 spiro atoms. The summed E-state index contributed by atoms with van der Waals surface area (Å²) in [6.07, 6.45) is 0. The van der Waals surface area contributed by atoms with Crippen LogP contribution in [0.3, 0.4) is 0 Å². The maximum Gasteiger partial charge on any atom is 0.238 e. The van der Waals surface area contributed by atoms with Gasteiger partial charge in [-0.3, -0.25) is 14.5 Å². The first kappa shape index (κ1) is 19.2. The molecule has 0 heterocycles. The Kier molecular flexibility index (Phi) is 6.82. The summed E-state index contributed by atoms with van der Waals surface area (Å²) in [7, 11) is 1.85. The summed E-state index contributed by atoms with van der Waals surface area (Å²) in [4.78, 5) is 25.0. The Labute approximate surface area is 156 Å². The van der Waals surface area contributed by atoms with E-state index in [1.54, 1.807) is 36.4 Å². The van der Waals surface area contributed by atoms with Crippen molar-refractivity contribution in [2.45, 2.75) is 13.5 Å². The third-order valence-corrected chi connectivity index (χ3v) is 4.08. The van der Waals surface area contributed by atoms with Crippen LogP contribution in [0.25, 0.3) is 0 Å². The maximum atomic E-state index is 12.1. The molecular weight excluding hydrogens is 361 g/mol. The van der Waals surface area contributed by atoms with Gasteiger partial charge in [-0.1, -0.05) is 29.3 Å². The van der Waals surface area contributed by atoms with E-state index in [0.717, 1.165) is 5.56 Å². The standard InChI is InChI=1S/C18H19Cl2N3O2/c1-12(24)21-14-4-6-15(7-5-14)22-18(25)11-23(2)10-13-3-8-16(19)17(20)9-13/h3-9H,10-11H2,1-2H3,(H,21,24)(H,22,25). The first-order chi connectivity index (χ1) is 11.8. The fraction of sp³-hybridized carbons (Fsp3) is 0.222. The molecule has 2 N–H and O–H groups in total. The highest BCUT2D eigenvalue weighted by Crippen LogP contribution is 2.23. The average molecular weight is 380 g/mol. The van der Waals surface area contributed by atoms with Crippen molar-refractivity contribution in [3.63, 3.8) is 0 Å². The third kappa shape index (κ3) is 6.38. The third-order valence-electron chi connectivity index (χ3n) is 3.34. The van der Waals surface area contributed by atoms with Crippen LogP contribution in [0.4, 0.5) is 11.4 Å². The van der Waals surface area contributed by atoms with E-state index in [-0.39, 0.29) is 18.4 Å². The highest BCUT2D eigenvalue weighted by atomic mass is 35.5. The summed E-state index contributed by atoms with van der Waals surface area (Å²) in [5.74, 6) is -0.268. The fourth-order valence-electron chi connectivity index (χ4n) is 2.29. The Balaban J connectivity index is 1.86. The molecule has 2 rings (SSSR count). The quantitative estimate of drug-likeness (QED) is 0.796. The number of anilines is 2. The fourth-order valence-corrected chi connectivity index (χ4v) is 2.61. The van der Waals surface area contributed by atoms with Crippen LogP contribution in [0.15, 0.2) is 42.5 Å². The number of nitrogens with one attached hydrogen (secondary N) is 2. The van der Waals surface area contributed by atoms with Gasteiger partial charge < -0.3 is 10.6 Å². The van der Waals surface area contributed by atoms with Crippen molar-refractivity contribution in [1.82, 2.24) is 4.90 Å². The zero-order valence-corrected chi connectivity index (χ0v) is 15.5. The van der Waals surface area contributed by atoms with E-state index < -0.39 is 0 Å². The average Bonchev–Trinajstić information content (AvgIpc) is 2.52. The predicted molar refractivity (Wildman–Crippen MR) is 102 cm³/mol. The second kappa shape index (κ2) is 8.85. The zero-order chi connectivity index (χ0) is 18.4. The van der Waals surface area contributed by atoms with Crippen molar-refractivity contribution in [2.24, 2.45) is 0 Å². The van der Waals surface area contributed by atoms with Crippen molar-refractivity contribution in [3.05, 3.63) is 58.1 Å². The highest BCUT2D eigenvalue weighted by Gasteiger charge is 2.09. The Morgan fingerprint density at radius 1 is 0.960 bits per heavy atom. The summed E-state index contributed by atoms with van der Waals surface area (Å²) in [6.45, 7) is 2.25. The second-order valence-corrected chi connectivity index (χ2v) is 6.54. The van der Waals surface area contributed by atoms with Gasteiger partial charge in [0, 0.05) is 24.8 Å². The summed E-state index contributed by atoms with van der Waals surface area (Å²) in [6, 6.07) is 12.4. The minimum absolute atomic E-state index is 0.130. The van der Waals surface area contributed by atoms with Crippen molar-refractivity contribution in [3.8, 4) is 0 Å². The molecule has 0 aliphatic heterocycles. The molecule has 132 valence electrons. The lowest BCUT2D eigenvalue weighted by atomic mass is 10.2. The number of hydrogen-bond donors (Lipinski definition) is 2. The van der Waals surface area contributed by atoms with E-state index >= 15 is 0 Å². The van der Waals surface area contributed by atoms with Crippen LogP contribution in [0, 0.1) is 0 Å². The molecule has 0 aliphatic carbocycles. The summed E-state index contributed by atoms with van der Waals surface area (Å²) in [5, 5.41) is 6.50. The van der Waals surface area contributed by atoms with Crippen LogP contribution < -0.4 is 10.6 Å². The smallest absolute Gasteiger partial charge is 0.238 e. The number of hydrogen-bond acceptors (Lipinski definition) is 3. The molecule has 0 aromatic heterocycles. The van der Waals surface area contributed by atoms with Gasteiger partial charge in [-0.15, -0.1) is 0 Å². The van der Waals surface area contributed by atoms with Gasteiger partial charge in [0.05, 0.1) is 16.6 Å². The number of halogens is 2. The van der Waals surface area contributed by atoms with Crippen molar-refractivity contribution >= 4 is 46.4 Å². The van der Waals surface area contributed by atoms with E-state index in [2.05, 4.69) is 10.6 Å². The van der Waals surface area contributed by atoms with Gasteiger partial charge in [0.2, 0.25) is 11.8 Å². The highest BCUT2D eigenvalue weighted by molar-refractivity contribution is 6.42. The molecule has 0 bridgehead atoms. The van der Waals surface area contributed by atoms with E-state index in [4.69, 9.17) is 23.2 Å². The minimum Gasteiger partial charge on any atom is -0.326 e. The largest absolute Gasteiger partial charge is 0.326 e. The number of likely N-dealkylation sites (N-methyl/N-ethyl adjacent to an activating group) is 1. The van der Waals surface area contributed by atoms with Crippen LogP contribution >= 0.6 is 23.2 Å². The number of nitrogens with zero attached hydrogens (tertiary/aromatic N) is 1. The number of amides is 2. The Morgan fingerprint density at radius 2 is 1.56 bits per heavy atom. The Morgan fingerprint density at radius 3 is 2.12 bits per heavy atom. The first-order valence-corrected chi connectivity index (χ1v) is 8.39. The van der Waals surface area contributed by atoms with Gasteiger partial charge in [0.25, 0.3) is 0 Å². The van der Waals surface area contributed by atoms with Crippen LogP contribution in [-0.2, 0) is 16.1 Å². The lowest BCUT2D eigenvalue weighted by Gasteiger charge is -2.17. The number of benzene rings is 2. The minimum atomic E-state index is -0.138. The second-order valence-electron chi connectivity index (χ2n) is 5.73. The topological polar surface area (TPSA) is 61.4 Å². The zero-order valence-electron chi connectivity index (χ0n) is 14.0. The summed E-state index contributed by atoms with van der Waals surface area (Å²) >= 11 is 11.9. The van der Waals surface area contributed by atoms with Crippen molar-refractivity contribution in [2.75, 3.05) is 24.2 Å². The molecule has 2 aromatic rings. The number of carbonyl (C=O) groups is 2. The predicted octanol–water partition coefficient (Wildman–Crippen LogP) is 4.02. The Bertz CT molecular complexity index is 763. The molecule has 7 heteroatoms. The SMILES string of the molecule is CC(=O)Nc1ccc(NC(=O)CN(C)Cc2ccc(Cl)c(Cl)c2)cc1. The van der Waals surface area contributed by atoms with Gasteiger partial charge in [-0.2, -0.15) is 0 Å². The van der Waals surface area contributed by atoms with E-state index in [0.29, 0.717) is 28.0 Å². The van der Waals surface area contributed by atoms with E-state index in [9.17, 15) is 9.59 Å². The van der Waals surface area contributed by atoms with Crippen LogP contribution in [-0.4, -0.2) is 30.3 Å². The molecule has 0 aliphatic rings. The lowest BCUT2D eigenvalue weighted by molar-refractivity contribution is -0.117. The van der Waals surface area contributed by atoms with Crippen molar-refractivity contribution in [1.29, 1.82) is 0 Å². The maximum absolute atomic E-state index is 12.1. The molecule has 0 saturated carbocycles. The van der Waals surface area contributed by atoms with Crippen molar-refractivity contribution < 1.29 is 9.59 Å². The molecule has 0 atom stereocenters. The Hall–Kier alpha value is -2.08. The van der Waals surface area contributed by atoms with E-state index in [1.807, 2.05) is 18.0 Å². The molecule has 2 amide bonds. The molecule has 0 radical (unpaired) electrons. The normalized spacial score (nSPS) is 10.6. The molecule has 25 heavy (non-hydrogen) atoms. The van der Waals surface area contributed by atoms with Gasteiger partial charge in [-0.05, 0) is 49.0 Å². The number of carbonyl (C=O) groups excluding carboxylic acids is 2. The van der Waals surface area contributed by atoms with Gasteiger partial charge in [-0.25, -0.2) is 0 Å². The monoisotopic (exact) mass is 379 g/mol. The van der Waals surface area contributed by atoms with Crippen LogP contribution in [0.2, 0.25) is 10.0 Å². The molecule has 0 unspecified atom stereocenters. The summed E-state index contributed by atoms with van der Waals surface area (Å²) in [5.41, 5.74) is 2.33. The van der Waals surface area contributed by atoms with Gasteiger partial charge in [0.15, 0.2) is 0 Å². The number of rotatable bonds is 6. The van der Waals surface area contributed by atoms with Gasteiger partial charge >= 0.3 is 0 Å². The van der Waals surface area contributed by atoms with E-state index in [1.165, 1.54) is 6.92 Å². The van der Waals surface area contributed by atoms with Crippen LogP contribution in [0.1, 0.15) is 12.5 Å². The summed E-state index contributed by atoms with van der Waals surface area (Å²) < 4.78 is 0. The molecule has 5 nitrogen and oxygen atoms in total. The molecule has 0 fully saturated rings. The van der Waals surface area contributed by atoms with Gasteiger partial charge in [0.1, 0.15) is 0 Å².